The van der Waals surface area contributed by atoms with E-state index in [1.165, 1.54) is 12.1 Å². The third kappa shape index (κ3) is 4.38. The quantitative estimate of drug-likeness (QED) is 0.663. The van der Waals surface area contributed by atoms with Crippen LogP contribution >= 0.6 is 0 Å². The van der Waals surface area contributed by atoms with Gasteiger partial charge in [-0.05, 0) is 42.2 Å². The fourth-order valence-corrected chi connectivity index (χ4v) is 4.31. The van der Waals surface area contributed by atoms with Gasteiger partial charge in [0.1, 0.15) is 5.65 Å². The average Bonchev–Trinajstić information content (AvgIpc) is 3.22. The third-order valence-corrected chi connectivity index (χ3v) is 6.22. The molecule has 0 aliphatic carbocycles. The minimum Gasteiger partial charge on any atom is -0.369 e. The van der Waals surface area contributed by atoms with Crippen molar-refractivity contribution in [2.24, 2.45) is 5.92 Å². The van der Waals surface area contributed by atoms with Crippen molar-refractivity contribution < 1.29 is 18.0 Å². The molecule has 1 aromatic carbocycles. The molecule has 1 saturated heterocycles. The fraction of sp³-hybridized carbons (Fsp3) is 0.391. The second-order valence-electron chi connectivity index (χ2n) is 8.23. The Kier molecular flexibility index (Phi) is 5.64. The first kappa shape index (κ1) is 21.2. The van der Waals surface area contributed by atoms with E-state index in [4.69, 9.17) is 0 Å². The summed E-state index contributed by atoms with van der Waals surface area (Å²) in [6, 6.07) is 8.94. The molecule has 0 spiro atoms. The Morgan fingerprint density at radius 1 is 1.23 bits per heavy atom. The standard InChI is InChI=1S/C23H25F3N4O/c1-15-9-12-30(21(31)13-16-3-5-17(6-4-16)23(24,25)26)14-20(15)29(2)19-8-11-28-22-18(19)7-10-27-22/h3-8,10-11,15,20H,9,12-14H2,1-2H3,(H,27,28)/t15-,20?/m1/s1. The van der Waals surface area contributed by atoms with Crippen molar-refractivity contribution in [3.8, 4) is 0 Å². The number of rotatable bonds is 4. The molecule has 1 aliphatic rings. The molecule has 0 saturated carbocycles. The van der Waals surface area contributed by atoms with Gasteiger partial charge in [0.2, 0.25) is 5.91 Å². The van der Waals surface area contributed by atoms with Crippen molar-refractivity contribution in [2.45, 2.75) is 32.0 Å². The largest absolute Gasteiger partial charge is 0.416 e. The van der Waals surface area contributed by atoms with Crippen molar-refractivity contribution in [1.82, 2.24) is 14.9 Å². The molecule has 0 radical (unpaired) electrons. The molecule has 2 aromatic heterocycles. The molecule has 0 bridgehead atoms. The Hall–Kier alpha value is -3.03. The maximum Gasteiger partial charge on any atom is 0.416 e. The number of H-pyrrole nitrogens is 1. The SMILES string of the molecule is C[C@@H]1CCN(C(=O)Cc2ccc(C(F)(F)F)cc2)CC1N(C)c1ccnc2[nH]ccc12. The van der Waals surface area contributed by atoms with Crippen LogP contribution in [0.4, 0.5) is 18.9 Å². The van der Waals surface area contributed by atoms with Crippen LogP contribution in [0.15, 0.2) is 48.8 Å². The van der Waals surface area contributed by atoms with E-state index in [0.29, 0.717) is 24.6 Å². The highest BCUT2D eigenvalue weighted by molar-refractivity contribution is 5.89. The first-order chi connectivity index (χ1) is 14.7. The normalized spacial score (nSPS) is 19.6. The summed E-state index contributed by atoms with van der Waals surface area (Å²) in [5, 5.41) is 1.03. The third-order valence-electron chi connectivity index (χ3n) is 6.22. The highest BCUT2D eigenvalue weighted by atomic mass is 19.4. The topological polar surface area (TPSA) is 52.2 Å². The summed E-state index contributed by atoms with van der Waals surface area (Å²) < 4.78 is 38.3. The maximum atomic E-state index is 12.9. The van der Waals surface area contributed by atoms with Crippen molar-refractivity contribution in [1.29, 1.82) is 0 Å². The molecule has 4 rings (SSSR count). The number of nitrogens with one attached hydrogen (secondary N) is 1. The molecule has 5 nitrogen and oxygen atoms in total. The number of carbonyl (C=O) groups excluding carboxylic acids is 1. The number of amides is 1. The first-order valence-electron chi connectivity index (χ1n) is 10.3. The number of hydrogen-bond acceptors (Lipinski definition) is 3. The summed E-state index contributed by atoms with van der Waals surface area (Å²) in [6.45, 7) is 3.42. The number of benzene rings is 1. The lowest BCUT2D eigenvalue weighted by atomic mass is 9.91. The van der Waals surface area contributed by atoms with Crippen LogP contribution in [-0.2, 0) is 17.4 Å². The van der Waals surface area contributed by atoms with Crippen LogP contribution in [0.5, 0.6) is 0 Å². The Morgan fingerprint density at radius 2 is 1.97 bits per heavy atom. The van der Waals surface area contributed by atoms with Crippen LogP contribution < -0.4 is 4.90 Å². The Morgan fingerprint density at radius 3 is 2.68 bits per heavy atom. The maximum absolute atomic E-state index is 12.9. The summed E-state index contributed by atoms with van der Waals surface area (Å²) in [7, 11) is 2.03. The summed E-state index contributed by atoms with van der Waals surface area (Å²) in [6.07, 6.45) is 0.224. The highest BCUT2D eigenvalue weighted by Gasteiger charge is 2.33. The lowest BCUT2D eigenvalue weighted by molar-refractivity contribution is -0.137. The van der Waals surface area contributed by atoms with Gasteiger partial charge in [0.05, 0.1) is 12.0 Å². The number of alkyl halides is 3. The van der Waals surface area contributed by atoms with Gasteiger partial charge in [0, 0.05) is 49.6 Å². The Balaban J connectivity index is 1.47. The van der Waals surface area contributed by atoms with E-state index in [9.17, 15) is 18.0 Å². The second kappa shape index (κ2) is 8.24. The number of likely N-dealkylation sites (tertiary alicyclic amines) is 1. The molecule has 3 heterocycles. The molecule has 1 aliphatic heterocycles. The summed E-state index contributed by atoms with van der Waals surface area (Å²) in [5.41, 5.74) is 1.76. The highest BCUT2D eigenvalue weighted by Crippen LogP contribution is 2.31. The van der Waals surface area contributed by atoms with Gasteiger partial charge >= 0.3 is 6.18 Å². The van der Waals surface area contributed by atoms with Crippen LogP contribution in [0, 0.1) is 5.92 Å². The van der Waals surface area contributed by atoms with Crippen molar-refractivity contribution in [3.05, 3.63) is 59.9 Å². The van der Waals surface area contributed by atoms with E-state index < -0.39 is 11.7 Å². The molecule has 1 amide bonds. The molecule has 1 fully saturated rings. The molecule has 2 atom stereocenters. The molecule has 164 valence electrons. The smallest absolute Gasteiger partial charge is 0.369 e. The van der Waals surface area contributed by atoms with E-state index in [1.54, 1.807) is 6.20 Å². The van der Waals surface area contributed by atoms with Gasteiger partial charge in [-0.2, -0.15) is 13.2 Å². The number of nitrogens with zero attached hydrogens (tertiary/aromatic N) is 3. The summed E-state index contributed by atoms with van der Waals surface area (Å²) >= 11 is 0. The predicted molar refractivity (Wildman–Crippen MR) is 114 cm³/mol. The lowest BCUT2D eigenvalue weighted by Crippen LogP contribution is -2.53. The summed E-state index contributed by atoms with van der Waals surface area (Å²) in [5.74, 6) is 0.328. The van der Waals surface area contributed by atoms with E-state index in [2.05, 4.69) is 21.8 Å². The molecule has 8 heteroatoms. The van der Waals surface area contributed by atoms with Crippen LogP contribution in [0.1, 0.15) is 24.5 Å². The number of pyridine rings is 1. The van der Waals surface area contributed by atoms with Crippen molar-refractivity contribution in [3.63, 3.8) is 0 Å². The van der Waals surface area contributed by atoms with Gasteiger partial charge in [0.25, 0.3) is 0 Å². The number of aromatic amines is 1. The van der Waals surface area contributed by atoms with Crippen LogP contribution in [0.25, 0.3) is 11.0 Å². The number of hydrogen-bond donors (Lipinski definition) is 1. The zero-order valence-corrected chi connectivity index (χ0v) is 17.5. The van der Waals surface area contributed by atoms with Gasteiger partial charge in [-0.3, -0.25) is 4.79 Å². The van der Waals surface area contributed by atoms with E-state index in [1.807, 2.05) is 30.3 Å². The number of likely N-dealkylation sites (N-methyl/N-ethyl adjacent to an activating group) is 1. The number of piperidine rings is 1. The number of anilines is 1. The number of fused-ring (bicyclic) bond motifs is 1. The number of carbonyl (C=O) groups is 1. The van der Waals surface area contributed by atoms with E-state index in [-0.39, 0.29) is 18.4 Å². The van der Waals surface area contributed by atoms with Gasteiger partial charge in [0.15, 0.2) is 0 Å². The van der Waals surface area contributed by atoms with Crippen molar-refractivity contribution in [2.75, 3.05) is 25.0 Å². The van der Waals surface area contributed by atoms with E-state index >= 15 is 0 Å². The lowest BCUT2D eigenvalue weighted by Gasteiger charge is -2.42. The Labute approximate surface area is 178 Å². The average molecular weight is 430 g/mol. The zero-order valence-electron chi connectivity index (χ0n) is 17.5. The molecular weight excluding hydrogens is 405 g/mol. The Bertz CT molecular complexity index is 1060. The number of aromatic nitrogens is 2. The van der Waals surface area contributed by atoms with Gasteiger partial charge in [-0.1, -0.05) is 19.1 Å². The second-order valence-corrected chi connectivity index (χ2v) is 8.23. The first-order valence-corrected chi connectivity index (χ1v) is 10.3. The van der Waals surface area contributed by atoms with Crippen LogP contribution in [0.2, 0.25) is 0 Å². The van der Waals surface area contributed by atoms with Crippen LogP contribution in [0.3, 0.4) is 0 Å². The van der Waals surface area contributed by atoms with Gasteiger partial charge in [-0.15, -0.1) is 0 Å². The van der Waals surface area contributed by atoms with E-state index in [0.717, 1.165) is 35.3 Å². The molecular formula is C23H25F3N4O. The van der Waals surface area contributed by atoms with Crippen LogP contribution in [-0.4, -0.2) is 47.0 Å². The minimum absolute atomic E-state index is 0.0634. The van der Waals surface area contributed by atoms with Gasteiger partial charge in [-0.25, -0.2) is 4.98 Å². The molecule has 1 N–H and O–H groups in total. The minimum atomic E-state index is -4.37. The zero-order chi connectivity index (χ0) is 22.2. The molecule has 31 heavy (non-hydrogen) atoms. The fourth-order valence-electron chi connectivity index (χ4n) is 4.31. The summed E-state index contributed by atoms with van der Waals surface area (Å²) in [4.78, 5) is 24.4. The van der Waals surface area contributed by atoms with Crippen molar-refractivity contribution >= 4 is 22.6 Å². The molecule has 1 unspecified atom stereocenters. The predicted octanol–water partition coefficient (Wildman–Crippen LogP) is 4.50. The van der Waals surface area contributed by atoms with Gasteiger partial charge < -0.3 is 14.8 Å². The number of halogens is 3. The monoisotopic (exact) mass is 430 g/mol. The molecule has 3 aromatic rings.